The maximum atomic E-state index is 12.9. The van der Waals surface area contributed by atoms with Crippen LogP contribution >= 0.6 is 11.8 Å². The first kappa shape index (κ1) is 15.3. The largest absolute Gasteiger partial charge is 0.417 e. The molecule has 0 aliphatic heterocycles. The summed E-state index contributed by atoms with van der Waals surface area (Å²) < 4.78 is 38.6. The summed E-state index contributed by atoms with van der Waals surface area (Å²) in [5.74, 6) is 0. The van der Waals surface area contributed by atoms with Crippen LogP contribution in [0.5, 0.6) is 0 Å². The first-order valence-electron chi connectivity index (χ1n) is 5.47. The van der Waals surface area contributed by atoms with Crippen molar-refractivity contribution in [1.82, 2.24) is 0 Å². The van der Waals surface area contributed by atoms with E-state index in [-0.39, 0.29) is 22.3 Å². The molecule has 0 heterocycles. The lowest BCUT2D eigenvalue weighted by atomic mass is 10.1. The van der Waals surface area contributed by atoms with Gasteiger partial charge in [-0.25, -0.2) is 0 Å². The number of aliphatic hydroxyl groups is 2. The Balaban J connectivity index is 3.03. The molecule has 0 saturated heterocycles. The third-order valence-electron chi connectivity index (χ3n) is 2.40. The van der Waals surface area contributed by atoms with Gasteiger partial charge < -0.3 is 10.2 Å². The van der Waals surface area contributed by atoms with E-state index in [9.17, 15) is 13.2 Å². The average molecular weight is 280 g/mol. The Hall–Kier alpha value is -0.720. The van der Waals surface area contributed by atoms with E-state index in [1.54, 1.807) is 6.92 Å². The van der Waals surface area contributed by atoms with Gasteiger partial charge in [-0.1, -0.05) is 13.0 Å². The number of thioether (sulfide) groups is 1. The Morgan fingerprint density at radius 2 is 1.94 bits per heavy atom. The van der Waals surface area contributed by atoms with Gasteiger partial charge in [-0.05, 0) is 24.1 Å². The zero-order chi connectivity index (χ0) is 13.8. The van der Waals surface area contributed by atoms with Crippen molar-refractivity contribution >= 4 is 11.8 Å². The standard InChI is InChI=1S/C12H15F3O2S/c1-8(4-5-16)18-11-3-2-9(7-17)6-10(11)12(13,14)15/h2-3,6,8,16-17H,4-5,7H2,1H3. The minimum Gasteiger partial charge on any atom is -0.396 e. The highest BCUT2D eigenvalue weighted by Gasteiger charge is 2.34. The van der Waals surface area contributed by atoms with Gasteiger partial charge in [0.1, 0.15) is 0 Å². The Morgan fingerprint density at radius 1 is 1.28 bits per heavy atom. The Bertz CT molecular complexity index is 393. The van der Waals surface area contributed by atoms with Crippen LogP contribution in [0.2, 0.25) is 0 Å². The second-order valence-electron chi connectivity index (χ2n) is 3.93. The lowest BCUT2D eigenvalue weighted by molar-refractivity contribution is -0.139. The summed E-state index contributed by atoms with van der Waals surface area (Å²) in [5, 5.41) is 17.5. The highest BCUT2D eigenvalue weighted by molar-refractivity contribution is 8.00. The summed E-state index contributed by atoms with van der Waals surface area (Å²) in [6.07, 6.45) is -4.00. The van der Waals surface area contributed by atoms with Crippen LogP contribution in [0.25, 0.3) is 0 Å². The van der Waals surface area contributed by atoms with Gasteiger partial charge in [0.2, 0.25) is 0 Å². The molecule has 1 unspecified atom stereocenters. The fourth-order valence-electron chi connectivity index (χ4n) is 1.46. The van der Waals surface area contributed by atoms with Crippen LogP contribution in [0.1, 0.15) is 24.5 Å². The second kappa shape index (κ2) is 6.45. The van der Waals surface area contributed by atoms with Crippen LogP contribution in [0, 0.1) is 0 Å². The number of hydrogen-bond donors (Lipinski definition) is 2. The molecule has 1 aromatic rings. The molecule has 102 valence electrons. The van der Waals surface area contributed by atoms with Gasteiger partial charge in [0.25, 0.3) is 0 Å². The van der Waals surface area contributed by atoms with Crippen LogP contribution < -0.4 is 0 Å². The molecule has 6 heteroatoms. The van der Waals surface area contributed by atoms with Crippen LogP contribution in [0.4, 0.5) is 13.2 Å². The molecule has 1 rings (SSSR count). The quantitative estimate of drug-likeness (QED) is 0.814. The minimum absolute atomic E-state index is 0.0513. The predicted octanol–water partition coefficient (Wildman–Crippen LogP) is 3.06. The molecule has 0 aromatic heterocycles. The van der Waals surface area contributed by atoms with E-state index >= 15 is 0 Å². The molecular weight excluding hydrogens is 265 g/mol. The van der Waals surface area contributed by atoms with Crippen molar-refractivity contribution in [2.45, 2.75) is 36.3 Å². The number of benzene rings is 1. The SMILES string of the molecule is CC(CCO)Sc1ccc(CO)cc1C(F)(F)F. The van der Waals surface area contributed by atoms with Crippen LogP contribution in [0.15, 0.2) is 23.1 Å². The monoisotopic (exact) mass is 280 g/mol. The number of halogens is 3. The average Bonchev–Trinajstić information content (AvgIpc) is 2.28. The van der Waals surface area contributed by atoms with E-state index in [4.69, 9.17) is 10.2 Å². The Morgan fingerprint density at radius 3 is 2.44 bits per heavy atom. The molecule has 0 fully saturated rings. The molecule has 0 amide bonds. The summed E-state index contributed by atoms with van der Waals surface area (Å²) in [5.41, 5.74) is -0.495. The maximum absolute atomic E-state index is 12.9. The zero-order valence-corrected chi connectivity index (χ0v) is 10.7. The number of aliphatic hydroxyl groups excluding tert-OH is 2. The maximum Gasteiger partial charge on any atom is 0.417 e. The predicted molar refractivity (Wildman–Crippen MR) is 64.4 cm³/mol. The van der Waals surface area contributed by atoms with Crippen molar-refractivity contribution < 1.29 is 23.4 Å². The summed E-state index contributed by atoms with van der Waals surface area (Å²) in [6, 6.07) is 3.81. The van der Waals surface area contributed by atoms with Crippen molar-refractivity contribution in [2.75, 3.05) is 6.61 Å². The molecule has 2 nitrogen and oxygen atoms in total. The van der Waals surface area contributed by atoms with Gasteiger partial charge in [-0.3, -0.25) is 0 Å². The molecule has 0 spiro atoms. The summed E-state index contributed by atoms with van der Waals surface area (Å²) >= 11 is 1.08. The molecule has 0 saturated carbocycles. The summed E-state index contributed by atoms with van der Waals surface area (Å²) in [6.45, 7) is 1.30. The van der Waals surface area contributed by atoms with Crippen LogP contribution in [-0.4, -0.2) is 22.1 Å². The molecule has 1 atom stereocenters. The molecule has 0 aliphatic rings. The van der Waals surface area contributed by atoms with E-state index in [1.165, 1.54) is 12.1 Å². The van der Waals surface area contributed by atoms with Crippen molar-refractivity contribution in [3.05, 3.63) is 29.3 Å². The Labute approximate surface area is 108 Å². The van der Waals surface area contributed by atoms with Crippen molar-refractivity contribution in [1.29, 1.82) is 0 Å². The zero-order valence-electron chi connectivity index (χ0n) is 9.87. The van der Waals surface area contributed by atoms with E-state index in [2.05, 4.69) is 0 Å². The molecule has 0 bridgehead atoms. The molecule has 2 N–H and O–H groups in total. The summed E-state index contributed by atoms with van der Waals surface area (Å²) in [7, 11) is 0. The normalized spacial score (nSPS) is 13.7. The number of rotatable bonds is 5. The highest BCUT2D eigenvalue weighted by Crippen LogP contribution is 2.39. The first-order valence-corrected chi connectivity index (χ1v) is 6.35. The van der Waals surface area contributed by atoms with E-state index in [0.29, 0.717) is 6.42 Å². The van der Waals surface area contributed by atoms with Gasteiger partial charge in [0, 0.05) is 16.8 Å². The molecule has 18 heavy (non-hydrogen) atoms. The van der Waals surface area contributed by atoms with Gasteiger partial charge in [0.15, 0.2) is 0 Å². The third kappa shape index (κ3) is 4.19. The molecule has 0 aliphatic carbocycles. The Kier molecular flexibility index (Phi) is 5.49. The fourth-order valence-corrected chi connectivity index (χ4v) is 2.56. The number of alkyl halides is 3. The third-order valence-corrected chi connectivity index (χ3v) is 3.64. The highest BCUT2D eigenvalue weighted by atomic mass is 32.2. The van der Waals surface area contributed by atoms with Crippen molar-refractivity contribution in [3.63, 3.8) is 0 Å². The topological polar surface area (TPSA) is 40.5 Å². The van der Waals surface area contributed by atoms with Crippen molar-refractivity contribution in [3.8, 4) is 0 Å². The second-order valence-corrected chi connectivity index (χ2v) is 5.41. The van der Waals surface area contributed by atoms with Crippen molar-refractivity contribution in [2.24, 2.45) is 0 Å². The smallest absolute Gasteiger partial charge is 0.396 e. The van der Waals surface area contributed by atoms with E-state index in [1.807, 2.05) is 0 Å². The van der Waals surface area contributed by atoms with Gasteiger partial charge >= 0.3 is 6.18 Å². The van der Waals surface area contributed by atoms with Gasteiger partial charge in [0.05, 0.1) is 12.2 Å². The van der Waals surface area contributed by atoms with E-state index < -0.39 is 18.3 Å². The molecule has 1 aromatic carbocycles. The summed E-state index contributed by atoms with van der Waals surface area (Å²) in [4.78, 5) is 0.126. The van der Waals surface area contributed by atoms with Crippen LogP contribution in [-0.2, 0) is 12.8 Å². The van der Waals surface area contributed by atoms with Crippen LogP contribution in [0.3, 0.4) is 0 Å². The first-order chi connectivity index (χ1) is 8.38. The molecular formula is C12H15F3O2S. The fraction of sp³-hybridized carbons (Fsp3) is 0.500. The van der Waals surface area contributed by atoms with Gasteiger partial charge in [-0.15, -0.1) is 11.8 Å². The minimum atomic E-state index is -4.44. The van der Waals surface area contributed by atoms with E-state index in [0.717, 1.165) is 17.8 Å². The van der Waals surface area contributed by atoms with Gasteiger partial charge in [-0.2, -0.15) is 13.2 Å². The lowest BCUT2D eigenvalue weighted by Crippen LogP contribution is -2.09. The molecule has 0 radical (unpaired) electrons. The number of hydrogen-bond acceptors (Lipinski definition) is 3. The lowest BCUT2D eigenvalue weighted by Gasteiger charge is -2.16.